The summed E-state index contributed by atoms with van der Waals surface area (Å²) in [7, 11) is 1.62. The fourth-order valence-electron chi connectivity index (χ4n) is 3.28. The van der Waals surface area contributed by atoms with E-state index in [4.69, 9.17) is 10.7 Å². The van der Waals surface area contributed by atoms with Gasteiger partial charge in [0.25, 0.3) is 0 Å². The number of hydrogen-bond donors (Lipinski definition) is 3. The Kier molecular flexibility index (Phi) is 7.42. The van der Waals surface area contributed by atoms with Crippen LogP contribution in [-0.4, -0.2) is 52.5 Å². The summed E-state index contributed by atoms with van der Waals surface area (Å²) >= 11 is 3.06. The highest BCUT2D eigenvalue weighted by molar-refractivity contribution is 7.17. The van der Waals surface area contributed by atoms with Gasteiger partial charge in [0.2, 0.25) is 11.8 Å². The van der Waals surface area contributed by atoms with Gasteiger partial charge in [0.05, 0.1) is 18.3 Å². The van der Waals surface area contributed by atoms with Gasteiger partial charge in [-0.25, -0.2) is 4.98 Å². The van der Waals surface area contributed by atoms with Gasteiger partial charge in [0.1, 0.15) is 17.1 Å². The molecule has 0 aliphatic carbocycles. The zero-order chi connectivity index (χ0) is 22.7. The molecule has 2 aromatic heterocycles. The second kappa shape index (κ2) is 9.86. The van der Waals surface area contributed by atoms with Crippen LogP contribution in [0.3, 0.4) is 0 Å². The van der Waals surface area contributed by atoms with Crippen molar-refractivity contribution in [2.45, 2.75) is 38.9 Å². The molecule has 0 unspecified atom stereocenters. The number of aliphatic hydroxyl groups excluding tert-OH is 1. The largest absolute Gasteiger partial charge is 0.394 e. The van der Waals surface area contributed by atoms with Crippen LogP contribution < -0.4 is 11.1 Å². The number of amides is 2. The predicted octanol–water partition coefficient (Wildman–Crippen LogP) is 3.00. The van der Waals surface area contributed by atoms with Crippen molar-refractivity contribution in [2.75, 3.05) is 13.7 Å². The summed E-state index contributed by atoms with van der Waals surface area (Å²) in [5.74, 6) is -0.816. The number of aliphatic hydroxyl groups is 1. The van der Waals surface area contributed by atoms with Crippen LogP contribution in [0.2, 0.25) is 0 Å². The van der Waals surface area contributed by atoms with Gasteiger partial charge >= 0.3 is 0 Å². The van der Waals surface area contributed by atoms with Crippen LogP contribution in [0.5, 0.6) is 0 Å². The fourth-order valence-corrected chi connectivity index (χ4v) is 5.19. The van der Waals surface area contributed by atoms with Gasteiger partial charge in [-0.05, 0) is 18.9 Å². The molecule has 31 heavy (non-hydrogen) atoms. The van der Waals surface area contributed by atoms with Crippen molar-refractivity contribution in [3.8, 4) is 11.3 Å². The Morgan fingerprint density at radius 3 is 2.55 bits per heavy atom. The number of thiazole rings is 1. The van der Waals surface area contributed by atoms with Crippen molar-refractivity contribution in [1.29, 1.82) is 0 Å². The van der Waals surface area contributed by atoms with Gasteiger partial charge in [0, 0.05) is 33.5 Å². The Hall–Kier alpha value is -2.33. The Labute approximate surface area is 189 Å². The number of rotatable bonds is 8. The summed E-state index contributed by atoms with van der Waals surface area (Å²) in [6.45, 7) is 5.01. The minimum absolute atomic E-state index is 0.138. The molecule has 2 amide bonds. The molecule has 2 heterocycles. The first-order valence-corrected chi connectivity index (χ1v) is 11.9. The average Bonchev–Trinajstić information content (AvgIpc) is 3.38. The number of carbonyl (C=O) groups is 2. The summed E-state index contributed by atoms with van der Waals surface area (Å²) < 4.78 is 1.18. The zero-order valence-corrected chi connectivity index (χ0v) is 19.7. The minimum Gasteiger partial charge on any atom is -0.394 e. The lowest BCUT2D eigenvalue weighted by Crippen LogP contribution is -2.54. The third kappa shape index (κ3) is 4.95. The topological polar surface area (TPSA) is 109 Å². The highest BCUT2D eigenvalue weighted by Gasteiger charge is 2.32. The number of nitrogens with two attached hydrogens (primary N) is 1. The molecule has 0 bridgehead atoms. The Morgan fingerprint density at radius 1 is 1.19 bits per heavy atom. The summed E-state index contributed by atoms with van der Waals surface area (Å²) in [6, 6.07) is 6.08. The van der Waals surface area contributed by atoms with E-state index in [-0.39, 0.29) is 24.3 Å². The maximum Gasteiger partial charge on any atom is 0.245 e. The minimum atomic E-state index is -0.738. The molecule has 0 radical (unpaired) electrons. The summed E-state index contributed by atoms with van der Waals surface area (Å²) in [5.41, 5.74) is 7.50. The summed E-state index contributed by atoms with van der Waals surface area (Å²) in [4.78, 5) is 31.4. The van der Waals surface area contributed by atoms with Crippen molar-refractivity contribution < 1.29 is 14.7 Å². The standard InChI is InChI=1S/C22H28N4O3S2/c1-12(2)19(25-20(28)13(3)23)22(29)26(4)17(9-27)21-24-16(11-31-21)15-10-30-18-8-6-5-7-14(15)18/h5-8,10-13,17,19,27H,9,23H2,1-4H3,(H,25,28)/t13-,17-,19-/m0/s1. The number of carbonyl (C=O) groups excluding carboxylic acids is 2. The number of thiophene rings is 1. The van der Waals surface area contributed by atoms with Crippen LogP contribution in [0.4, 0.5) is 0 Å². The van der Waals surface area contributed by atoms with Crippen molar-refractivity contribution in [3.05, 3.63) is 40.0 Å². The number of benzene rings is 1. The predicted molar refractivity (Wildman–Crippen MR) is 126 cm³/mol. The number of aromatic nitrogens is 1. The molecule has 3 atom stereocenters. The molecule has 0 spiro atoms. The Morgan fingerprint density at radius 2 is 1.90 bits per heavy atom. The molecule has 3 rings (SSSR count). The van der Waals surface area contributed by atoms with Crippen molar-refractivity contribution in [1.82, 2.24) is 15.2 Å². The summed E-state index contributed by atoms with van der Waals surface area (Å²) in [6.07, 6.45) is 0. The van der Waals surface area contributed by atoms with E-state index in [1.54, 1.807) is 25.3 Å². The smallest absolute Gasteiger partial charge is 0.245 e. The lowest BCUT2D eigenvalue weighted by Gasteiger charge is -2.31. The van der Waals surface area contributed by atoms with E-state index < -0.39 is 18.1 Å². The van der Waals surface area contributed by atoms with Crippen LogP contribution in [0.1, 0.15) is 31.8 Å². The van der Waals surface area contributed by atoms with Crippen molar-refractivity contribution in [2.24, 2.45) is 11.7 Å². The third-order valence-corrected chi connectivity index (χ3v) is 7.11. The van der Waals surface area contributed by atoms with Crippen LogP contribution in [0.15, 0.2) is 35.0 Å². The van der Waals surface area contributed by atoms with Crippen molar-refractivity contribution in [3.63, 3.8) is 0 Å². The first-order chi connectivity index (χ1) is 14.7. The first-order valence-electron chi connectivity index (χ1n) is 10.1. The second-order valence-electron chi connectivity index (χ2n) is 7.88. The molecule has 4 N–H and O–H groups in total. The molecule has 0 aliphatic heterocycles. The number of hydrogen-bond acceptors (Lipinski definition) is 7. The molecule has 0 fully saturated rings. The van der Waals surface area contributed by atoms with Gasteiger partial charge in [-0.15, -0.1) is 22.7 Å². The van der Waals surface area contributed by atoms with Gasteiger partial charge in [-0.1, -0.05) is 32.0 Å². The van der Waals surface area contributed by atoms with E-state index in [1.165, 1.54) is 20.9 Å². The quantitative estimate of drug-likeness (QED) is 0.479. The highest BCUT2D eigenvalue weighted by Crippen LogP contribution is 2.36. The van der Waals surface area contributed by atoms with Gasteiger partial charge < -0.3 is 21.1 Å². The molecular weight excluding hydrogens is 432 g/mol. The number of nitrogens with one attached hydrogen (secondary N) is 1. The summed E-state index contributed by atoms with van der Waals surface area (Å²) in [5, 5.41) is 18.6. The lowest BCUT2D eigenvalue weighted by molar-refractivity contribution is -0.139. The fraction of sp³-hybridized carbons (Fsp3) is 0.409. The van der Waals surface area contributed by atoms with E-state index >= 15 is 0 Å². The number of fused-ring (bicyclic) bond motifs is 1. The van der Waals surface area contributed by atoms with Crippen LogP contribution in [0, 0.1) is 5.92 Å². The number of likely N-dealkylation sites (N-methyl/N-ethyl adjacent to an activating group) is 1. The molecule has 7 nitrogen and oxygen atoms in total. The Bertz CT molecular complexity index is 1060. The Balaban J connectivity index is 1.84. The van der Waals surface area contributed by atoms with E-state index in [2.05, 4.69) is 22.8 Å². The van der Waals surface area contributed by atoms with E-state index in [0.29, 0.717) is 5.01 Å². The molecule has 1 aromatic carbocycles. The number of nitrogens with zero attached hydrogens (tertiary/aromatic N) is 2. The molecule has 0 aliphatic rings. The van der Waals surface area contributed by atoms with Gasteiger partial charge in [0.15, 0.2) is 0 Å². The van der Waals surface area contributed by atoms with Gasteiger partial charge in [-0.3, -0.25) is 9.59 Å². The van der Waals surface area contributed by atoms with E-state index in [9.17, 15) is 14.7 Å². The van der Waals surface area contributed by atoms with E-state index in [0.717, 1.165) is 16.6 Å². The molecule has 0 saturated carbocycles. The molecule has 9 heteroatoms. The van der Waals surface area contributed by atoms with Crippen LogP contribution in [-0.2, 0) is 9.59 Å². The second-order valence-corrected chi connectivity index (χ2v) is 9.68. The molecule has 166 valence electrons. The normalized spacial score (nSPS) is 14.4. The van der Waals surface area contributed by atoms with Gasteiger partial charge in [-0.2, -0.15) is 0 Å². The first kappa shape index (κ1) is 23.3. The lowest BCUT2D eigenvalue weighted by atomic mass is 10.0. The average molecular weight is 461 g/mol. The molecular formula is C22H28N4O3S2. The molecule has 3 aromatic rings. The van der Waals surface area contributed by atoms with Crippen molar-refractivity contribution >= 4 is 44.6 Å². The van der Waals surface area contributed by atoms with Crippen LogP contribution in [0.25, 0.3) is 21.3 Å². The SMILES string of the molecule is CC(C)[C@H](NC(=O)[C@H](C)N)C(=O)N(C)[C@@H](CO)c1nc(-c2csc3ccccc23)cs1. The highest BCUT2D eigenvalue weighted by atomic mass is 32.1. The van der Waals surface area contributed by atoms with E-state index in [1.807, 2.05) is 31.4 Å². The zero-order valence-electron chi connectivity index (χ0n) is 18.0. The maximum absolute atomic E-state index is 13.2. The monoisotopic (exact) mass is 460 g/mol. The third-order valence-electron chi connectivity index (χ3n) is 5.20. The van der Waals surface area contributed by atoms with Crippen LogP contribution >= 0.6 is 22.7 Å². The molecule has 0 saturated heterocycles. The maximum atomic E-state index is 13.2.